The fourth-order valence-corrected chi connectivity index (χ4v) is 1.85. The first-order chi connectivity index (χ1) is 5.79. The summed E-state index contributed by atoms with van der Waals surface area (Å²) in [5, 5.41) is 11.3. The summed E-state index contributed by atoms with van der Waals surface area (Å²) in [6.07, 6.45) is 1.52. The van der Waals surface area contributed by atoms with E-state index >= 15 is 0 Å². The SMILES string of the molecule is O=C(O)c1nccc2sccc12. The largest absolute Gasteiger partial charge is 0.476 e. The lowest BCUT2D eigenvalue weighted by Gasteiger charge is -1.93. The molecule has 0 radical (unpaired) electrons. The number of pyridine rings is 1. The standard InChI is InChI=1S/C8H5NO2S/c10-8(11)7-5-2-4-12-6(5)1-3-9-7/h1-4H,(H,10,11). The molecule has 0 aliphatic carbocycles. The molecule has 2 rings (SSSR count). The van der Waals surface area contributed by atoms with Crippen LogP contribution in [0.25, 0.3) is 10.1 Å². The Morgan fingerprint density at radius 1 is 1.50 bits per heavy atom. The Labute approximate surface area is 72.3 Å². The lowest BCUT2D eigenvalue weighted by Crippen LogP contribution is -1.99. The molecule has 3 nitrogen and oxygen atoms in total. The molecule has 0 fully saturated rings. The van der Waals surface area contributed by atoms with Gasteiger partial charge < -0.3 is 5.11 Å². The van der Waals surface area contributed by atoms with E-state index in [1.54, 1.807) is 6.07 Å². The molecule has 0 saturated carbocycles. The number of carboxylic acids is 1. The minimum absolute atomic E-state index is 0.133. The fourth-order valence-electron chi connectivity index (χ4n) is 1.07. The normalized spacial score (nSPS) is 10.3. The number of hydrogen-bond acceptors (Lipinski definition) is 3. The van der Waals surface area contributed by atoms with Crippen molar-refractivity contribution in [1.82, 2.24) is 4.98 Å². The van der Waals surface area contributed by atoms with Gasteiger partial charge >= 0.3 is 5.97 Å². The van der Waals surface area contributed by atoms with E-state index in [1.165, 1.54) is 17.5 Å². The molecule has 2 aromatic heterocycles. The van der Waals surface area contributed by atoms with E-state index in [1.807, 2.05) is 11.4 Å². The number of nitrogens with zero attached hydrogens (tertiary/aromatic N) is 1. The number of thiophene rings is 1. The predicted molar refractivity (Wildman–Crippen MR) is 46.6 cm³/mol. The second kappa shape index (κ2) is 2.57. The molecule has 0 amide bonds. The summed E-state index contributed by atoms with van der Waals surface area (Å²) in [5.74, 6) is -0.973. The van der Waals surface area contributed by atoms with Crippen LogP contribution in [0.15, 0.2) is 23.7 Å². The molecule has 2 aromatic rings. The minimum Gasteiger partial charge on any atom is -0.476 e. The third-order valence-corrected chi connectivity index (χ3v) is 2.46. The summed E-state index contributed by atoms with van der Waals surface area (Å²) >= 11 is 1.52. The molecular weight excluding hydrogens is 174 g/mol. The Hall–Kier alpha value is -1.42. The number of carbonyl (C=O) groups is 1. The van der Waals surface area contributed by atoms with Gasteiger partial charge in [0.15, 0.2) is 5.69 Å². The minimum atomic E-state index is -0.973. The smallest absolute Gasteiger partial charge is 0.355 e. The summed E-state index contributed by atoms with van der Waals surface area (Å²) in [7, 11) is 0. The van der Waals surface area contributed by atoms with Gasteiger partial charge in [0.25, 0.3) is 0 Å². The predicted octanol–water partition coefficient (Wildman–Crippen LogP) is 1.99. The highest BCUT2D eigenvalue weighted by Crippen LogP contribution is 2.22. The Morgan fingerprint density at radius 2 is 2.33 bits per heavy atom. The molecule has 0 atom stereocenters. The van der Waals surface area contributed by atoms with E-state index in [4.69, 9.17) is 5.11 Å². The zero-order valence-corrected chi connectivity index (χ0v) is 6.84. The molecule has 0 unspecified atom stereocenters. The topological polar surface area (TPSA) is 50.2 Å². The Morgan fingerprint density at radius 3 is 3.08 bits per heavy atom. The summed E-state index contributed by atoms with van der Waals surface area (Å²) in [6.45, 7) is 0. The molecule has 0 aromatic carbocycles. The van der Waals surface area contributed by atoms with Crippen LogP contribution in [-0.4, -0.2) is 16.1 Å². The number of aromatic carboxylic acids is 1. The van der Waals surface area contributed by atoms with Gasteiger partial charge in [-0.2, -0.15) is 0 Å². The van der Waals surface area contributed by atoms with Crippen molar-refractivity contribution in [3.8, 4) is 0 Å². The van der Waals surface area contributed by atoms with Crippen LogP contribution in [0.4, 0.5) is 0 Å². The number of hydrogen-bond donors (Lipinski definition) is 1. The van der Waals surface area contributed by atoms with Gasteiger partial charge in [-0.3, -0.25) is 0 Å². The van der Waals surface area contributed by atoms with E-state index in [-0.39, 0.29) is 5.69 Å². The summed E-state index contributed by atoms with van der Waals surface area (Å²) in [5.41, 5.74) is 0.133. The first kappa shape index (κ1) is 7.24. The van der Waals surface area contributed by atoms with E-state index in [9.17, 15) is 4.79 Å². The first-order valence-electron chi connectivity index (χ1n) is 3.34. The zero-order chi connectivity index (χ0) is 8.55. The maximum atomic E-state index is 10.7. The third kappa shape index (κ3) is 0.967. The highest BCUT2D eigenvalue weighted by molar-refractivity contribution is 7.17. The van der Waals surface area contributed by atoms with Crippen molar-refractivity contribution in [1.29, 1.82) is 0 Å². The van der Waals surface area contributed by atoms with E-state index < -0.39 is 5.97 Å². The van der Waals surface area contributed by atoms with Crippen LogP contribution in [0.5, 0.6) is 0 Å². The van der Waals surface area contributed by atoms with Crippen molar-refractivity contribution in [3.05, 3.63) is 29.4 Å². The number of rotatable bonds is 1. The fraction of sp³-hybridized carbons (Fsp3) is 0. The van der Waals surface area contributed by atoms with Crippen molar-refractivity contribution in [2.45, 2.75) is 0 Å². The molecule has 1 N–H and O–H groups in total. The van der Waals surface area contributed by atoms with Crippen LogP contribution >= 0.6 is 11.3 Å². The van der Waals surface area contributed by atoms with Crippen LogP contribution in [0.2, 0.25) is 0 Å². The molecule has 0 saturated heterocycles. The summed E-state index contributed by atoms with van der Waals surface area (Å²) in [4.78, 5) is 14.4. The maximum Gasteiger partial charge on any atom is 0.355 e. The van der Waals surface area contributed by atoms with Crippen LogP contribution in [0.1, 0.15) is 10.5 Å². The number of carboxylic acid groups (broad SMARTS) is 1. The van der Waals surface area contributed by atoms with Crippen molar-refractivity contribution >= 4 is 27.4 Å². The van der Waals surface area contributed by atoms with Crippen LogP contribution in [-0.2, 0) is 0 Å². The highest BCUT2D eigenvalue weighted by Gasteiger charge is 2.09. The molecule has 60 valence electrons. The maximum absolute atomic E-state index is 10.7. The molecule has 0 aliphatic heterocycles. The average molecular weight is 179 g/mol. The van der Waals surface area contributed by atoms with Crippen molar-refractivity contribution in [3.63, 3.8) is 0 Å². The third-order valence-electron chi connectivity index (χ3n) is 1.58. The lowest BCUT2D eigenvalue weighted by atomic mass is 10.2. The molecule has 4 heteroatoms. The monoisotopic (exact) mass is 179 g/mol. The van der Waals surface area contributed by atoms with Gasteiger partial charge in [-0.25, -0.2) is 9.78 Å². The second-order valence-electron chi connectivity index (χ2n) is 2.30. The van der Waals surface area contributed by atoms with Crippen molar-refractivity contribution in [2.24, 2.45) is 0 Å². The first-order valence-corrected chi connectivity index (χ1v) is 4.22. The van der Waals surface area contributed by atoms with Gasteiger partial charge in [-0.15, -0.1) is 11.3 Å². The van der Waals surface area contributed by atoms with Gasteiger partial charge in [-0.1, -0.05) is 0 Å². The summed E-state index contributed by atoms with van der Waals surface area (Å²) < 4.78 is 0.961. The Kier molecular flexibility index (Phi) is 1.55. The molecule has 0 aliphatic rings. The Balaban J connectivity index is 2.82. The molecule has 0 spiro atoms. The number of aromatic nitrogens is 1. The van der Waals surface area contributed by atoms with Gasteiger partial charge in [-0.05, 0) is 17.5 Å². The van der Waals surface area contributed by atoms with Crippen LogP contribution < -0.4 is 0 Å². The van der Waals surface area contributed by atoms with Crippen molar-refractivity contribution in [2.75, 3.05) is 0 Å². The number of fused-ring (bicyclic) bond motifs is 1. The molecule has 2 heterocycles. The van der Waals surface area contributed by atoms with Gasteiger partial charge in [0, 0.05) is 16.3 Å². The highest BCUT2D eigenvalue weighted by atomic mass is 32.1. The van der Waals surface area contributed by atoms with Gasteiger partial charge in [0.05, 0.1) is 0 Å². The van der Waals surface area contributed by atoms with E-state index in [0.717, 1.165) is 10.1 Å². The Bertz CT molecular complexity index is 435. The quantitative estimate of drug-likeness (QED) is 0.728. The van der Waals surface area contributed by atoms with E-state index in [0.29, 0.717) is 0 Å². The summed E-state index contributed by atoms with van der Waals surface area (Å²) in [6, 6.07) is 3.59. The molecule has 0 bridgehead atoms. The van der Waals surface area contributed by atoms with Gasteiger partial charge in [0.1, 0.15) is 0 Å². The van der Waals surface area contributed by atoms with Crippen LogP contribution in [0, 0.1) is 0 Å². The van der Waals surface area contributed by atoms with Crippen LogP contribution in [0.3, 0.4) is 0 Å². The average Bonchev–Trinajstić information content (AvgIpc) is 2.49. The van der Waals surface area contributed by atoms with E-state index in [2.05, 4.69) is 4.98 Å². The van der Waals surface area contributed by atoms with Gasteiger partial charge in [0.2, 0.25) is 0 Å². The second-order valence-corrected chi connectivity index (χ2v) is 3.24. The molecular formula is C8H5NO2S. The zero-order valence-electron chi connectivity index (χ0n) is 6.02. The lowest BCUT2D eigenvalue weighted by molar-refractivity contribution is 0.0693. The molecule has 12 heavy (non-hydrogen) atoms. The van der Waals surface area contributed by atoms with Crippen molar-refractivity contribution < 1.29 is 9.90 Å².